The van der Waals surface area contributed by atoms with E-state index in [1.165, 1.54) is 4.90 Å². The van der Waals surface area contributed by atoms with Gasteiger partial charge in [-0.2, -0.15) is 0 Å². The molecule has 0 spiro atoms. The number of benzene rings is 2. The number of carbonyl (C=O) groups excluding carboxylic acids is 2. The van der Waals surface area contributed by atoms with Gasteiger partial charge in [0.2, 0.25) is 0 Å². The second kappa shape index (κ2) is 10.0. The molecule has 1 heterocycles. The number of hydrogen-bond acceptors (Lipinski definition) is 3. The molecule has 0 saturated carbocycles. The number of nitrogens with zero attached hydrogens (tertiary/aromatic N) is 1. The first-order chi connectivity index (χ1) is 12.7. The summed E-state index contributed by atoms with van der Waals surface area (Å²) in [6.07, 6.45) is 3.78. The van der Waals surface area contributed by atoms with E-state index in [9.17, 15) is 9.59 Å². The van der Waals surface area contributed by atoms with Crippen LogP contribution in [0.15, 0.2) is 60.7 Å². The Morgan fingerprint density at radius 1 is 0.667 bits per heavy atom. The van der Waals surface area contributed by atoms with Crippen molar-refractivity contribution in [2.75, 3.05) is 13.1 Å². The molecule has 0 saturated heterocycles. The van der Waals surface area contributed by atoms with Crippen LogP contribution in [0.5, 0.6) is 0 Å². The summed E-state index contributed by atoms with van der Waals surface area (Å²) in [6, 6.07) is 18.9. The van der Waals surface area contributed by atoms with Gasteiger partial charge in [0.1, 0.15) is 0 Å². The molecule has 0 atom stereocenters. The summed E-state index contributed by atoms with van der Waals surface area (Å²) in [5.41, 5.74) is 8.10. The Morgan fingerprint density at radius 2 is 1.11 bits per heavy atom. The molecule has 2 aromatic carbocycles. The number of unbranched alkanes of at least 4 members (excludes halogenated alkanes) is 3. The molecule has 0 unspecified atom stereocenters. The highest BCUT2D eigenvalue weighted by Gasteiger charge is 2.38. The summed E-state index contributed by atoms with van der Waals surface area (Å²) in [5.74, 6) is -0.391. The molecule has 4 nitrogen and oxygen atoms in total. The van der Waals surface area contributed by atoms with Crippen LogP contribution in [0.4, 0.5) is 0 Å². The first-order valence-corrected chi connectivity index (χ1v) is 9.15. The van der Waals surface area contributed by atoms with Crippen LogP contribution < -0.4 is 5.73 Å². The summed E-state index contributed by atoms with van der Waals surface area (Å²) < 4.78 is 0. The molecule has 0 radical (unpaired) electrons. The van der Waals surface area contributed by atoms with Gasteiger partial charge < -0.3 is 5.73 Å². The largest absolute Gasteiger partial charge is 0.330 e. The molecule has 2 amide bonds. The van der Waals surface area contributed by atoms with Gasteiger partial charge in [0.15, 0.2) is 0 Å². The number of halogens is 1. The first-order valence-electron chi connectivity index (χ1n) is 9.15. The second-order valence-electron chi connectivity index (χ2n) is 6.45. The van der Waals surface area contributed by atoms with Crippen molar-refractivity contribution in [3.63, 3.8) is 0 Å². The third kappa shape index (κ3) is 4.65. The van der Waals surface area contributed by atoms with E-state index in [-0.39, 0.29) is 24.2 Å². The summed E-state index contributed by atoms with van der Waals surface area (Å²) in [7, 11) is 0. The highest BCUT2D eigenvalue weighted by atomic mass is 35.5. The summed E-state index contributed by atoms with van der Waals surface area (Å²) >= 11 is 0. The van der Waals surface area contributed by atoms with E-state index in [1.54, 1.807) is 0 Å². The minimum Gasteiger partial charge on any atom is -0.330 e. The molecular weight excluding hydrogens is 360 g/mol. The number of imide groups is 1. The number of rotatable bonds is 8. The van der Waals surface area contributed by atoms with Crippen LogP contribution in [0.3, 0.4) is 0 Å². The monoisotopic (exact) mass is 384 g/mol. The molecule has 142 valence electrons. The fraction of sp³-hybridized carbons (Fsp3) is 0.273. The molecule has 3 rings (SSSR count). The van der Waals surface area contributed by atoms with E-state index in [4.69, 9.17) is 5.73 Å². The smallest absolute Gasteiger partial charge is 0.262 e. The fourth-order valence-corrected chi connectivity index (χ4v) is 3.29. The van der Waals surface area contributed by atoms with Crippen molar-refractivity contribution in [3.05, 3.63) is 71.8 Å². The minimum atomic E-state index is -0.195. The van der Waals surface area contributed by atoms with Gasteiger partial charge in [0.25, 0.3) is 11.8 Å². The fourth-order valence-electron chi connectivity index (χ4n) is 3.29. The normalized spacial score (nSPS) is 13.9. The maximum absolute atomic E-state index is 13.0. The average molecular weight is 385 g/mol. The van der Waals surface area contributed by atoms with Crippen molar-refractivity contribution in [3.8, 4) is 0 Å². The minimum absolute atomic E-state index is 0. The number of nitrogens with two attached hydrogens (primary N) is 1. The topological polar surface area (TPSA) is 63.4 Å². The Balaban J connectivity index is 0.00000261. The van der Waals surface area contributed by atoms with Crippen LogP contribution in [0.2, 0.25) is 0 Å². The molecule has 2 aromatic rings. The molecule has 0 aromatic heterocycles. The van der Waals surface area contributed by atoms with Crippen molar-refractivity contribution < 1.29 is 9.59 Å². The third-order valence-electron chi connectivity index (χ3n) is 4.63. The van der Waals surface area contributed by atoms with Gasteiger partial charge >= 0.3 is 0 Å². The lowest BCUT2D eigenvalue weighted by atomic mass is 9.96. The van der Waals surface area contributed by atoms with Gasteiger partial charge in [0.05, 0.1) is 11.1 Å². The van der Waals surface area contributed by atoms with E-state index in [0.717, 1.165) is 36.8 Å². The zero-order valence-corrected chi connectivity index (χ0v) is 16.1. The van der Waals surface area contributed by atoms with Crippen molar-refractivity contribution >= 4 is 35.4 Å². The van der Waals surface area contributed by atoms with Gasteiger partial charge in [-0.3, -0.25) is 14.5 Å². The van der Waals surface area contributed by atoms with Crippen LogP contribution in [0.1, 0.15) is 36.8 Å². The second-order valence-corrected chi connectivity index (χ2v) is 6.45. The van der Waals surface area contributed by atoms with E-state index in [1.807, 2.05) is 60.7 Å². The molecule has 0 bridgehead atoms. The van der Waals surface area contributed by atoms with Crippen LogP contribution in [-0.4, -0.2) is 29.8 Å². The predicted octanol–water partition coefficient (Wildman–Crippen LogP) is 3.91. The highest BCUT2D eigenvalue weighted by molar-refractivity contribution is 6.48. The lowest BCUT2D eigenvalue weighted by Crippen LogP contribution is -2.32. The van der Waals surface area contributed by atoms with E-state index >= 15 is 0 Å². The van der Waals surface area contributed by atoms with Gasteiger partial charge in [-0.1, -0.05) is 73.5 Å². The van der Waals surface area contributed by atoms with Crippen molar-refractivity contribution in [1.29, 1.82) is 0 Å². The van der Waals surface area contributed by atoms with Crippen LogP contribution in [-0.2, 0) is 9.59 Å². The predicted molar refractivity (Wildman–Crippen MR) is 111 cm³/mol. The van der Waals surface area contributed by atoms with E-state index < -0.39 is 0 Å². The zero-order valence-electron chi connectivity index (χ0n) is 15.3. The number of hydrogen-bond donors (Lipinski definition) is 1. The Kier molecular flexibility index (Phi) is 7.77. The lowest BCUT2D eigenvalue weighted by Gasteiger charge is -2.15. The quantitative estimate of drug-likeness (QED) is 0.554. The van der Waals surface area contributed by atoms with Crippen LogP contribution in [0, 0.1) is 0 Å². The first kappa shape index (κ1) is 20.9. The molecular formula is C22H25ClN2O2. The maximum Gasteiger partial charge on any atom is 0.262 e. The van der Waals surface area contributed by atoms with Crippen molar-refractivity contribution in [2.45, 2.75) is 25.7 Å². The molecule has 2 N–H and O–H groups in total. The third-order valence-corrected chi connectivity index (χ3v) is 4.63. The Labute approximate surface area is 166 Å². The summed E-state index contributed by atoms with van der Waals surface area (Å²) in [6.45, 7) is 1.13. The number of carbonyl (C=O) groups is 2. The highest BCUT2D eigenvalue weighted by Crippen LogP contribution is 2.35. The van der Waals surface area contributed by atoms with Crippen LogP contribution in [0.25, 0.3) is 11.1 Å². The van der Waals surface area contributed by atoms with Gasteiger partial charge in [-0.25, -0.2) is 0 Å². The van der Waals surface area contributed by atoms with Gasteiger partial charge in [-0.15, -0.1) is 12.4 Å². The zero-order chi connectivity index (χ0) is 18.4. The van der Waals surface area contributed by atoms with Crippen molar-refractivity contribution in [2.24, 2.45) is 5.73 Å². The molecule has 27 heavy (non-hydrogen) atoms. The molecule has 1 aliphatic heterocycles. The molecule has 1 aliphatic rings. The lowest BCUT2D eigenvalue weighted by molar-refractivity contribution is -0.136. The van der Waals surface area contributed by atoms with E-state index in [2.05, 4.69) is 0 Å². The number of amides is 2. The Bertz CT molecular complexity index is 742. The van der Waals surface area contributed by atoms with E-state index in [0.29, 0.717) is 24.2 Å². The van der Waals surface area contributed by atoms with Gasteiger partial charge in [-0.05, 0) is 30.5 Å². The summed E-state index contributed by atoms with van der Waals surface area (Å²) in [4.78, 5) is 27.5. The summed E-state index contributed by atoms with van der Waals surface area (Å²) in [5, 5.41) is 0. The Morgan fingerprint density at radius 3 is 1.56 bits per heavy atom. The SMILES string of the molecule is Cl.NCCCCCCN1C(=O)C(c2ccccc2)=C(c2ccccc2)C1=O. The van der Waals surface area contributed by atoms with Gasteiger partial charge in [0, 0.05) is 6.54 Å². The molecule has 0 aliphatic carbocycles. The molecule has 0 fully saturated rings. The maximum atomic E-state index is 13.0. The average Bonchev–Trinajstić information content (AvgIpc) is 2.93. The van der Waals surface area contributed by atoms with Crippen LogP contribution >= 0.6 is 12.4 Å². The standard InChI is InChI=1S/C22H24N2O2.ClH/c23-15-9-1-2-10-16-24-21(25)19(17-11-5-3-6-12-17)20(22(24)26)18-13-7-4-8-14-18;/h3-8,11-14H,1-2,9-10,15-16,23H2;1H. The molecule has 5 heteroatoms. The van der Waals surface area contributed by atoms with Crippen molar-refractivity contribution in [1.82, 2.24) is 4.90 Å². The Hall–Kier alpha value is -2.43.